The van der Waals surface area contributed by atoms with E-state index in [2.05, 4.69) is 0 Å². The molecule has 2 atom stereocenters. The maximum absolute atomic E-state index is 10.3. The summed E-state index contributed by atoms with van der Waals surface area (Å²) in [5, 5.41) is 20.6. The summed E-state index contributed by atoms with van der Waals surface area (Å²) in [6.07, 6.45) is 7.85. The molecule has 2 N–H and O–H groups in total. The average Bonchev–Trinajstić information content (AvgIpc) is 2.65. The van der Waals surface area contributed by atoms with Crippen molar-refractivity contribution in [1.82, 2.24) is 0 Å². The van der Waals surface area contributed by atoms with Gasteiger partial charge in [-0.25, -0.2) is 0 Å². The molecular formula is C24H30N2O2. The largest absolute Gasteiger partial charge is 0.507 e. The topological polar surface area (TPSA) is 65.2 Å². The van der Waals surface area contributed by atoms with Gasteiger partial charge in [-0.05, 0) is 74.9 Å². The molecule has 0 heterocycles. The monoisotopic (exact) mass is 378 g/mol. The fraction of sp³-hybridized carbons (Fsp3) is 0.417. The van der Waals surface area contributed by atoms with Crippen LogP contribution in [0.1, 0.15) is 59.1 Å². The predicted octanol–water partition coefficient (Wildman–Crippen LogP) is 5.18. The summed E-state index contributed by atoms with van der Waals surface area (Å²) in [7, 11) is 0. The van der Waals surface area contributed by atoms with Crippen LogP contribution in [0, 0.1) is 27.7 Å². The molecule has 1 fully saturated rings. The van der Waals surface area contributed by atoms with E-state index in [4.69, 9.17) is 9.98 Å². The van der Waals surface area contributed by atoms with Gasteiger partial charge in [0.1, 0.15) is 11.5 Å². The van der Waals surface area contributed by atoms with E-state index in [0.29, 0.717) is 11.5 Å². The lowest BCUT2D eigenvalue weighted by atomic mass is 9.91. The number of hydrogen-bond acceptors (Lipinski definition) is 4. The molecule has 2 aromatic carbocycles. The summed E-state index contributed by atoms with van der Waals surface area (Å²) in [6, 6.07) is 8.05. The molecule has 0 bridgehead atoms. The maximum atomic E-state index is 10.3. The molecule has 0 aromatic heterocycles. The van der Waals surface area contributed by atoms with Crippen molar-refractivity contribution in [3.05, 3.63) is 57.6 Å². The molecule has 0 spiro atoms. The molecule has 2 aromatic rings. The van der Waals surface area contributed by atoms with Crippen LogP contribution in [0.2, 0.25) is 0 Å². The van der Waals surface area contributed by atoms with Crippen molar-refractivity contribution in [3.63, 3.8) is 0 Å². The van der Waals surface area contributed by atoms with Crippen LogP contribution in [0.25, 0.3) is 0 Å². The quantitative estimate of drug-likeness (QED) is 0.720. The van der Waals surface area contributed by atoms with Crippen LogP contribution in [-0.4, -0.2) is 34.7 Å². The first-order valence-corrected chi connectivity index (χ1v) is 10.0. The smallest absolute Gasteiger partial charge is 0.127 e. The Morgan fingerprint density at radius 2 is 1.11 bits per heavy atom. The maximum Gasteiger partial charge on any atom is 0.127 e. The van der Waals surface area contributed by atoms with Crippen LogP contribution in [0.3, 0.4) is 0 Å². The van der Waals surface area contributed by atoms with Crippen LogP contribution in [0.5, 0.6) is 11.5 Å². The van der Waals surface area contributed by atoms with E-state index in [0.717, 1.165) is 59.1 Å². The highest BCUT2D eigenvalue weighted by atomic mass is 16.3. The summed E-state index contributed by atoms with van der Waals surface area (Å²) < 4.78 is 0. The Labute approximate surface area is 167 Å². The van der Waals surface area contributed by atoms with Gasteiger partial charge >= 0.3 is 0 Å². The van der Waals surface area contributed by atoms with Crippen LogP contribution in [0.4, 0.5) is 0 Å². The predicted molar refractivity (Wildman–Crippen MR) is 116 cm³/mol. The fourth-order valence-corrected chi connectivity index (χ4v) is 3.97. The van der Waals surface area contributed by atoms with E-state index < -0.39 is 0 Å². The van der Waals surface area contributed by atoms with E-state index >= 15 is 0 Å². The fourth-order valence-electron chi connectivity index (χ4n) is 3.97. The van der Waals surface area contributed by atoms with Crippen LogP contribution < -0.4 is 0 Å². The van der Waals surface area contributed by atoms with Gasteiger partial charge in [0, 0.05) is 23.6 Å². The third-order valence-electron chi connectivity index (χ3n) is 5.45. The molecule has 1 aliphatic carbocycles. The number of aryl methyl sites for hydroxylation is 4. The van der Waals surface area contributed by atoms with Crippen LogP contribution in [-0.2, 0) is 0 Å². The Morgan fingerprint density at radius 1 is 0.714 bits per heavy atom. The van der Waals surface area contributed by atoms with Crippen LogP contribution >= 0.6 is 0 Å². The highest BCUT2D eigenvalue weighted by Gasteiger charge is 2.23. The number of nitrogens with zero attached hydrogens (tertiary/aromatic N) is 2. The first-order chi connectivity index (χ1) is 13.3. The first kappa shape index (κ1) is 20.1. The Bertz CT molecular complexity index is 840. The van der Waals surface area contributed by atoms with Crippen molar-refractivity contribution in [3.8, 4) is 11.5 Å². The molecule has 3 rings (SSSR count). The van der Waals surface area contributed by atoms with Gasteiger partial charge in [0.15, 0.2) is 0 Å². The number of aromatic hydroxyl groups is 2. The summed E-state index contributed by atoms with van der Waals surface area (Å²) in [4.78, 5) is 9.57. The second-order valence-corrected chi connectivity index (χ2v) is 8.01. The molecule has 1 aliphatic rings. The zero-order chi connectivity index (χ0) is 20.3. The van der Waals surface area contributed by atoms with Crippen molar-refractivity contribution in [2.45, 2.75) is 65.5 Å². The minimum atomic E-state index is 0.0956. The normalized spacial score (nSPS) is 20.3. The molecule has 0 aliphatic heterocycles. The Kier molecular flexibility index (Phi) is 6.18. The first-order valence-electron chi connectivity index (χ1n) is 10.0. The third-order valence-corrected chi connectivity index (χ3v) is 5.45. The minimum Gasteiger partial charge on any atom is -0.507 e. The Balaban J connectivity index is 1.82. The summed E-state index contributed by atoms with van der Waals surface area (Å²) in [6.45, 7) is 7.86. The van der Waals surface area contributed by atoms with E-state index in [1.807, 2.05) is 52.0 Å². The molecule has 4 nitrogen and oxygen atoms in total. The minimum absolute atomic E-state index is 0.0956. The van der Waals surface area contributed by atoms with E-state index in [-0.39, 0.29) is 12.1 Å². The van der Waals surface area contributed by atoms with Crippen LogP contribution in [0.15, 0.2) is 34.3 Å². The number of benzene rings is 2. The lowest BCUT2D eigenvalue weighted by Crippen LogP contribution is -2.27. The van der Waals surface area contributed by atoms with E-state index in [1.54, 1.807) is 12.4 Å². The SMILES string of the molecule is Cc1cc(C)c(O)c(/C=N/C2CCCC[C@H]2/N=C/c2cc(C)cc(C)c2O)c1. The molecule has 1 unspecified atom stereocenters. The zero-order valence-corrected chi connectivity index (χ0v) is 17.2. The number of aliphatic imine (C=N–C) groups is 2. The second-order valence-electron chi connectivity index (χ2n) is 8.01. The molecule has 1 saturated carbocycles. The lowest BCUT2D eigenvalue weighted by molar-refractivity contribution is 0.390. The second kappa shape index (κ2) is 8.59. The highest BCUT2D eigenvalue weighted by Crippen LogP contribution is 2.27. The van der Waals surface area contributed by atoms with Crippen molar-refractivity contribution in [1.29, 1.82) is 0 Å². The standard InChI is InChI=1S/C24H30N2O2/c1-15-9-17(3)23(27)19(11-15)13-25-21-7-5-6-8-22(21)26-14-20-12-16(2)10-18(4)24(20)28/h9-14,21-22,27-28H,5-8H2,1-4H3/b25-13+,26-14+/t21-,22?/m1/s1. The van der Waals surface area contributed by atoms with E-state index in [9.17, 15) is 10.2 Å². The Hall–Kier alpha value is -2.62. The zero-order valence-electron chi connectivity index (χ0n) is 17.2. The molecule has 0 saturated heterocycles. The summed E-state index contributed by atoms with van der Waals surface area (Å²) >= 11 is 0. The van der Waals surface area contributed by atoms with Gasteiger partial charge in [-0.3, -0.25) is 9.98 Å². The lowest BCUT2D eigenvalue weighted by Gasteiger charge is -2.25. The van der Waals surface area contributed by atoms with Crippen molar-refractivity contribution in [2.24, 2.45) is 9.98 Å². The Morgan fingerprint density at radius 3 is 1.50 bits per heavy atom. The summed E-state index contributed by atoms with van der Waals surface area (Å²) in [5.74, 6) is 0.593. The molecule has 148 valence electrons. The van der Waals surface area contributed by atoms with Gasteiger partial charge in [-0.1, -0.05) is 25.0 Å². The van der Waals surface area contributed by atoms with Gasteiger partial charge < -0.3 is 10.2 Å². The van der Waals surface area contributed by atoms with E-state index in [1.165, 1.54) is 0 Å². The number of rotatable bonds is 4. The van der Waals surface area contributed by atoms with Gasteiger partial charge in [-0.2, -0.15) is 0 Å². The van der Waals surface area contributed by atoms with Crippen molar-refractivity contribution < 1.29 is 10.2 Å². The number of hydrogen-bond donors (Lipinski definition) is 2. The molecule has 0 amide bonds. The highest BCUT2D eigenvalue weighted by molar-refractivity contribution is 5.85. The molecule has 4 heteroatoms. The molecular weight excluding hydrogens is 348 g/mol. The number of phenols is 2. The van der Waals surface area contributed by atoms with Gasteiger partial charge in [0.25, 0.3) is 0 Å². The van der Waals surface area contributed by atoms with Gasteiger partial charge in [-0.15, -0.1) is 0 Å². The third kappa shape index (κ3) is 4.61. The van der Waals surface area contributed by atoms with Gasteiger partial charge in [0.2, 0.25) is 0 Å². The number of phenolic OH excluding ortho intramolecular Hbond substituents is 2. The molecule has 28 heavy (non-hydrogen) atoms. The molecule has 0 radical (unpaired) electrons. The average molecular weight is 379 g/mol. The summed E-state index contributed by atoms with van der Waals surface area (Å²) in [5.41, 5.74) is 5.48. The van der Waals surface area contributed by atoms with Crippen molar-refractivity contribution in [2.75, 3.05) is 0 Å². The van der Waals surface area contributed by atoms with Gasteiger partial charge in [0.05, 0.1) is 12.1 Å². The van der Waals surface area contributed by atoms with Crippen molar-refractivity contribution >= 4 is 12.4 Å².